The predicted octanol–water partition coefficient (Wildman–Crippen LogP) is 2.32. The van der Waals surface area contributed by atoms with Crippen molar-refractivity contribution in [1.29, 1.82) is 0 Å². The molecule has 2 N–H and O–H groups in total. The highest BCUT2D eigenvalue weighted by atomic mass is 16.3. The Bertz CT molecular complexity index is 399. The summed E-state index contributed by atoms with van der Waals surface area (Å²) in [5.74, 6) is 0. The van der Waals surface area contributed by atoms with Gasteiger partial charge < -0.3 is 15.3 Å². The standard InChI is InChI=1S/C15H24N2O/c1-4-13(16-3)12-7-5-6-8-14(12)17-10-9-15(2,18)11-17/h5-8,13,16,18H,4,9-11H2,1-3H3. The lowest BCUT2D eigenvalue weighted by molar-refractivity contribution is 0.0839. The second-order valence-corrected chi connectivity index (χ2v) is 5.48. The molecule has 0 amide bonds. The number of aliphatic hydroxyl groups is 1. The van der Waals surface area contributed by atoms with E-state index < -0.39 is 5.60 Å². The zero-order valence-electron chi connectivity index (χ0n) is 11.6. The van der Waals surface area contributed by atoms with E-state index in [0.717, 1.165) is 25.9 Å². The third-order valence-electron chi connectivity index (χ3n) is 3.86. The highest BCUT2D eigenvalue weighted by Crippen LogP contribution is 2.32. The zero-order valence-corrected chi connectivity index (χ0v) is 11.6. The molecule has 2 atom stereocenters. The predicted molar refractivity (Wildman–Crippen MR) is 76.0 cm³/mol. The Kier molecular flexibility index (Phi) is 3.93. The highest BCUT2D eigenvalue weighted by molar-refractivity contribution is 5.56. The summed E-state index contributed by atoms with van der Waals surface area (Å²) in [6.45, 7) is 5.78. The molecule has 18 heavy (non-hydrogen) atoms. The molecule has 1 aliphatic rings. The van der Waals surface area contributed by atoms with Gasteiger partial charge in [-0.25, -0.2) is 0 Å². The molecule has 0 aromatic heterocycles. The van der Waals surface area contributed by atoms with Crippen molar-refractivity contribution in [3.63, 3.8) is 0 Å². The minimum Gasteiger partial charge on any atom is -0.388 e. The van der Waals surface area contributed by atoms with Crippen LogP contribution in [0, 0.1) is 0 Å². The maximum absolute atomic E-state index is 10.1. The van der Waals surface area contributed by atoms with Crippen LogP contribution in [0.3, 0.4) is 0 Å². The summed E-state index contributed by atoms with van der Waals surface area (Å²) in [4.78, 5) is 2.30. The number of rotatable bonds is 4. The summed E-state index contributed by atoms with van der Waals surface area (Å²) in [7, 11) is 2.01. The molecule has 0 spiro atoms. The van der Waals surface area contributed by atoms with Crippen molar-refractivity contribution in [2.75, 3.05) is 25.0 Å². The van der Waals surface area contributed by atoms with Crippen LogP contribution in [-0.4, -0.2) is 30.8 Å². The van der Waals surface area contributed by atoms with E-state index in [2.05, 4.69) is 41.4 Å². The van der Waals surface area contributed by atoms with Gasteiger partial charge in [-0.1, -0.05) is 25.1 Å². The van der Waals surface area contributed by atoms with Gasteiger partial charge in [-0.05, 0) is 38.4 Å². The molecule has 1 saturated heterocycles. The molecule has 0 aliphatic carbocycles. The van der Waals surface area contributed by atoms with E-state index in [1.807, 2.05) is 14.0 Å². The topological polar surface area (TPSA) is 35.5 Å². The van der Waals surface area contributed by atoms with Crippen molar-refractivity contribution in [2.24, 2.45) is 0 Å². The minimum atomic E-state index is -0.547. The highest BCUT2D eigenvalue weighted by Gasteiger charge is 2.32. The number of hydrogen-bond acceptors (Lipinski definition) is 3. The van der Waals surface area contributed by atoms with Gasteiger partial charge in [0.05, 0.1) is 5.60 Å². The molecule has 100 valence electrons. The number of β-amino-alcohol motifs (C(OH)–C–C–N with tert-alkyl or cyclic N) is 1. The lowest BCUT2D eigenvalue weighted by atomic mass is 10.0. The molecule has 1 aromatic rings. The van der Waals surface area contributed by atoms with Crippen LogP contribution in [0.5, 0.6) is 0 Å². The van der Waals surface area contributed by atoms with Crippen molar-refractivity contribution in [1.82, 2.24) is 5.32 Å². The van der Waals surface area contributed by atoms with Crippen LogP contribution in [-0.2, 0) is 0 Å². The van der Waals surface area contributed by atoms with Gasteiger partial charge >= 0.3 is 0 Å². The molecule has 3 heteroatoms. The van der Waals surface area contributed by atoms with Crippen molar-refractivity contribution in [2.45, 2.75) is 38.3 Å². The molecule has 1 aliphatic heterocycles. The Labute approximate surface area is 110 Å². The Morgan fingerprint density at radius 2 is 2.17 bits per heavy atom. The quantitative estimate of drug-likeness (QED) is 0.858. The van der Waals surface area contributed by atoms with Gasteiger partial charge in [0.25, 0.3) is 0 Å². The molecule has 0 radical (unpaired) electrons. The lowest BCUT2D eigenvalue weighted by Gasteiger charge is -2.26. The fraction of sp³-hybridized carbons (Fsp3) is 0.600. The van der Waals surface area contributed by atoms with Crippen LogP contribution in [0.25, 0.3) is 0 Å². The summed E-state index contributed by atoms with van der Waals surface area (Å²) >= 11 is 0. The number of para-hydroxylation sites is 1. The first kappa shape index (κ1) is 13.4. The van der Waals surface area contributed by atoms with Gasteiger partial charge in [-0.3, -0.25) is 0 Å². The third-order valence-corrected chi connectivity index (χ3v) is 3.86. The maximum atomic E-state index is 10.1. The average molecular weight is 248 g/mol. The van der Waals surface area contributed by atoms with Crippen LogP contribution < -0.4 is 10.2 Å². The first-order valence-electron chi connectivity index (χ1n) is 6.81. The van der Waals surface area contributed by atoms with Crippen molar-refractivity contribution in [3.8, 4) is 0 Å². The summed E-state index contributed by atoms with van der Waals surface area (Å²) in [5.41, 5.74) is 2.05. The van der Waals surface area contributed by atoms with Gasteiger partial charge in [-0.2, -0.15) is 0 Å². The van der Waals surface area contributed by atoms with E-state index in [4.69, 9.17) is 0 Å². The van der Waals surface area contributed by atoms with E-state index in [9.17, 15) is 5.11 Å². The molecular weight excluding hydrogens is 224 g/mol. The van der Waals surface area contributed by atoms with Crippen molar-refractivity contribution < 1.29 is 5.11 Å². The van der Waals surface area contributed by atoms with Crippen LogP contribution >= 0.6 is 0 Å². The fourth-order valence-corrected chi connectivity index (χ4v) is 2.80. The van der Waals surface area contributed by atoms with Gasteiger partial charge in [0.2, 0.25) is 0 Å². The Morgan fingerprint density at radius 1 is 1.44 bits per heavy atom. The van der Waals surface area contributed by atoms with E-state index in [-0.39, 0.29) is 0 Å². The molecule has 3 nitrogen and oxygen atoms in total. The van der Waals surface area contributed by atoms with Gasteiger partial charge in [-0.15, -0.1) is 0 Å². The number of anilines is 1. The van der Waals surface area contributed by atoms with E-state index in [1.54, 1.807) is 0 Å². The third kappa shape index (κ3) is 2.68. The molecule has 1 fully saturated rings. The minimum absolute atomic E-state index is 0.381. The Morgan fingerprint density at radius 3 is 2.72 bits per heavy atom. The van der Waals surface area contributed by atoms with E-state index >= 15 is 0 Å². The molecule has 2 rings (SSSR count). The smallest absolute Gasteiger partial charge is 0.0810 e. The molecule has 1 aromatic carbocycles. The number of nitrogens with zero attached hydrogens (tertiary/aromatic N) is 1. The second kappa shape index (κ2) is 5.29. The van der Waals surface area contributed by atoms with Crippen LogP contribution in [0.4, 0.5) is 5.69 Å². The number of nitrogens with one attached hydrogen (secondary N) is 1. The van der Waals surface area contributed by atoms with Crippen molar-refractivity contribution in [3.05, 3.63) is 29.8 Å². The fourth-order valence-electron chi connectivity index (χ4n) is 2.80. The summed E-state index contributed by atoms with van der Waals surface area (Å²) < 4.78 is 0. The van der Waals surface area contributed by atoms with Gasteiger partial charge in [0.15, 0.2) is 0 Å². The monoisotopic (exact) mass is 248 g/mol. The molecule has 0 saturated carbocycles. The van der Waals surface area contributed by atoms with Gasteiger partial charge in [0.1, 0.15) is 0 Å². The zero-order chi connectivity index (χ0) is 13.2. The van der Waals surface area contributed by atoms with Crippen LogP contribution in [0.2, 0.25) is 0 Å². The van der Waals surface area contributed by atoms with E-state index in [1.165, 1.54) is 11.3 Å². The Hall–Kier alpha value is -1.06. The SMILES string of the molecule is CCC(NC)c1ccccc1N1CCC(C)(O)C1. The number of benzene rings is 1. The van der Waals surface area contributed by atoms with E-state index in [0.29, 0.717) is 6.04 Å². The van der Waals surface area contributed by atoms with Crippen LogP contribution in [0.15, 0.2) is 24.3 Å². The van der Waals surface area contributed by atoms with Gasteiger partial charge in [0, 0.05) is 24.8 Å². The van der Waals surface area contributed by atoms with Crippen molar-refractivity contribution >= 4 is 5.69 Å². The number of hydrogen-bond donors (Lipinski definition) is 2. The molecule has 2 unspecified atom stereocenters. The first-order chi connectivity index (χ1) is 8.57. The largest absolute Gasteiger partial charge is 0.388 e. The average Bonchev–Trinajstić information content (AvgIpc) is 2.72. The Balaban J connectivity index is 2.28. The maximum Gasteiger partial charge on any atom is 0.0810 e. The summed E-state index contributed by atoms with van der Waals surface area (Å²) in [5, 5.41) is 13.5. The summed E-state index contributed by atoms with van der Waals surface area (Å²) in [6, 6.07) is 8.90. The normalized spacial score (nSPS) is 25.4. The van der Waals surface area contributed by atoms with Crippen LogP contribution in [0.1, 0.15) is 38.3 Å². The molecule has 0 bridgehead atoms. The molecular formula is C15H24N2O. The molecule has 1 heterocycles. The second-order valence-electron chi connectivity index (χ2n) is 5.48. The lowest BCUT2D eigenvalue weighted by Crippen LogP contribution is -2.30. The summed E-state index contributed by atoms with van der Waals surface area (Å²) in [6.07, 6.45) is 1.91. The first-order valence-corrected chi connectivity index (χ1v) is 6.81.